The topological polar surface area (TPSA) is 52.9 Å². The van der Waals surface area contributed by atoms with Gasteiger partial charge in [0, 0.05) is 5.56 Å². The molecule has 3 nitrogen and oxygen atoms in total. The van der Waals surface area contributed by atoms with Crippen molar-refractivity contribution in [2.24, 2.45) is 5.41 Å². The Balaban J connectivity index is 3.28. The van der Waals surface area contributed by atoms with Gasteiger partial charge < -0.3 is 0 Å². The van der Waals surface area contributed by atoms with Crippen molar-refractivity contribution in [2.45, 2.75) is 64.7 Å². The van der Waals surface area contributed by atoms with E-state index >= 15 is 0 Å². The normalized spacial score (nSPS) is 16.3. The summed E-state index contributed by atoms with van der Waals surface area (Å²) in [5, 5.41) is 9.21. The third-order valence-corrected chi connectivity index (χ3v) is 5.72. The summed E-state index contributed by atoms with van der Waals surface area (Å²) >= 11 is 0. The lowest BCUT2D eigenvalue weighted by Gasteiger charge is -2.35. The molecule has 0 fully saturated rings. The van der Waals surface area contributed by atoms with Gasteiger partial charge in [0.15, 0.2) is 11.6 Å². The van der Waals surface area contributed by atoms with Crippen LogP contribution in [0.4, 0.5) is 8.78 Å². The highest BCUT2D eigenvalue weighted by Gasteiger charge is 2.36. The van der Waals surface area contributed by atoms with Gasteiger partial charge in [0.05, 0.1) is 32.8 Å². The highest BCUT2D eigenvalue weighted by atomic mass is 32.2. The molecule has 0 aliphatic rings. The molecule has 1 aromatic carbocycles. The Hall–Kier alpha value is -1.32. The minimum atomic E-state index is -1.47. The minimum Gasteiger partial charge on any atom is -0.242 e. The number of nitrogens with one attached hydrogen (secondary N) is 1. The van der Waals surface area contributed by atoms with E-state index in [1.807, 2.05) is 0 Å². The van der Waals surface area contributed by atoms with Gasteiger partial charge in [-0.25, -0.2) is 17.7 Å². The molecule has 1 N–H and O–H groups in total. The van der Waals surface area contributed by atoms with Crippen molar-refractivity contribution in [2.75, 3.05) is 0 Å². The van der Waals surface area contributed by atoms with E-state index in [2.05, 4.69) is 10.8 Å². The van der Waals surface area contributed by atoms with Crippen LogP contribution in [-0.4, -0.2) is 8.96 Å². The summed E-state index contributed by atoms with van der Waals surface area (Å²) in [5.41, 5.74) is -1.55. The molecule has 0 amide bonds. The fraction of sp³-hybridized carbons (Fsp3) is 0.611. The predicted molar refractivity (Wildman–Crippen MR) is 93.4 cm³/mol. The fourth-order valence-corrected chi connectivity index (χ4v) is 3.07. The van der Waals surface area contributed by atoms with Gasteiger partial charge in [-0.15, -0.1) is 0 Å². The zero-order valence-corrected chi connectivity index (χ0v) is 16.0. The van der Waals surface area contributed by atoms with Crippen LogP contribution < -0.4 is 4.72 Å². The summed E-state index contributed by atoms with van der Waals surface area (Å²) in [7, 11) is -1.47. The number of nitriles is 1. The maximum atomic E-state index is 14.4. The van der Waals surface area contributed by atoms with Crippen LogP contribution in [0.25, 0.3) is 0 Å². The molecule has 0 radical (unpaired) electrons. The van der Waals surface area contributed by atoms with E-state index in [1.54, 1.807) is 41.5 Å². The Bertz CT molecular complexity index is 662. The van der Waals surface area contributed by atoms with Crippen LogP contribution in [0.15, 0.2) is 18.2 Å². The van der Waals surface area contributed by atoms with E-state index in [0.717, 1.165) is 6.07 Å². The number of nitrogens with zero attached hydrogens (tertiary/aromatic N) is 1. The van der Waals surface area contributed by atoms with E-state index in [1.165, 1.54) is 12.1 Å². The maximum absolute atomic E-state index is 14.4. The lowest BCUT2D eigenvalue weighted by molar-refractivity contribution is 0.314. The monoisotopic (exact) mass is 356 g/mol. The van der Waals surface area contributed by atoms with Crippen molar-refractivity contribution in [3.8, 4) is 6.07 Å². The Morgan fingerprint density at radius 3 is 2.21 bits per heavy atom. The number of benzene rings is 1. The molecular weight excluding hydrogens is 330 g/mol. The second-order valence-corrected chi connectivity index (χ2v) is 9.88. The van der Waals surface area contributed by atoms with Crippen LogP contribution in [0, 0.1) is 28.4 Å². The second-order valence-electron chi connectivity index (χ2n) is 7.91. The molecule has 0 bridgehead atoms. The van der Waals surface area contributed by atoms with Crippen molar-refractivity contribution in [1.29, 1.82) is 5.26 Å². The Morgan fingerprint density at radius 2 is 1.71 bits per heavy atom. The first-order chi connectivity index (χ1) is 10.8. The first kappa shape index (κ1) is 20.7. The van der Waals surface area contributed by atoms with Crippen molar-refractivity contribution < 1.29 is 13.0 Å². The Kier molecular flexibility index (Phi) is 6.29. The molecule has 1 aromatic rings. The van der Waals surface area contributed by atoms with Crippen molar-refractivity contribution in [3.63, 3.8) is 0 Å². The molecule has 0 saturated heterocycles. The number of halogens is 2. The number of hydrogen-bond donors (Lipinski definition) is 1. The third kappa shape index (κ3) is 5.09. The largest absolute Gasteiger partial charge is 0.242 e. The Labute approximate surface area is 146 Å². The van der Waals surface area contributed by atoms with Crippen molar-refractivity contribution >= 4 is 11.0 Å². The lowest BCUT2D eigenvalue weighted by atomic mass is 9.80. The first-order valence-corrected chi connectivity index (χ1v) is 9.03. The van der Waals surface area contributed by atoms with Crippen LogP contribution in [0.2, 0.25) is 0 Å². The van der Waals surface area contributed by atoms with Gasteiger partial charge in [0.2, 0.25) is 0 Å². The predicted octanol–water partition coefficient (Wildman–Crippen LogP) is 4.56. The highest BCUT2D eigenvalue weighted by Crippen LogP contribution is 2.35. The molecule has 0 aliphatic heterocycles. The van der Waals surface area contributed by atoms with Crippen molar-refractivity contribution in [1.82, 2.24) is 4.72 Å². The molecule has 0 unspecified atom stereocenters. The van der Waals surface area contributed by atoms with Crippen LogP contribution in [-0.2, 0) is 16.5 Å². The summed E-state index contributed by atoms with van der Waals surface area (Å²) < 4.78 is 43.0. The fourth-order valence-electron chi connectivity index (χ4n) is 2.15. The van der Waals surface area contributed by atoms with E-state index in [-0.39, 0.29) is 5.56 Å². The molecule has 134 valence electrons. The molecule has 6 heteroatoms. The average Bonchev–Trinajstić information content (AvgIpc) is 2.47. The second kappa shape index (κ2) is 7.28. The zero-order valence-electron chi connectivity index (χ0n) is 15.2. The van der Waals surface area contributed by atoms with Gasteiger partial charge in [-0.1, -0.05) is 12.1 Å². The quantitative estimate of drug-likeness (QED) is 0.812. The molecule has 1 rings (SSSR count). The minimum absolute atomic E-state index is 0.119. The van der Waals surface area contributed by atoms with Gasteiger partial charge in [0.25, 0.3) is 0 Å². The van der Waals surface area contributed by atoms with Gasteiger partial charge in [-0.3, -0.25) is 0 Å². The molecule has 0 heterocycles. The van der Waals surface area contributed by atoms with Gasteiger partial charge in [0.1, 0.15) is 0 Å². The molecule has 0 aliphatic carbocycles. The Morgan fingerprint density at radius 1 is 1.12 bits per heavy atom. The molecular formula is C18H26F2N2OS. The van der Waals surface area contributed by atoms with Crippen molar-refractivity contribution in [3.05, 3.63) is 35.4 Å². The lowest BCUT2D eigenvalue weighted by Crippen LogP contribution is -2.47. The summed E-state index contributed by atoms with van der Waals surface area (Å²) in [4.78, 5) is 0. The summed E-state index contributed by atoms with van der Waals surface area (Å²) in [6.45, 7) is 10.7. The number of hydrogen-bond acceptors (Lipinski definition) is 2. The van der Waals surface area contributed by atoms with E-state index < -0.39 is 38.3 Å². The van der Waals surface area contributed by atoms with Crippen LogP contribution in [0.3, 0.4) is 0 Å². The third-order valence-electron chi connectivity index (χ3n) is 3.97. The molecule has 2 atom stereocenters. The molecule has 0 aromatic heterocycles. The maximum Gasteiger partial charge on any atom is 0.163 e. The SMILES string of the molecule is CC(C)(C#N)CC[C@@](C)(N[S@](=O)C(C)(C)C)c1cccc(F)c1F. The van der Waals surface area contributed by atoms with Crippen LogP contribution >= 0.6 is 0 Å². The van der Waals surface area contributed by atoms with E-state index in [9.17, 15) is 18.3 Å². The zero-order chi connectivity index (χ0) is 18.8. The molecule has 24 heavy (non-hydrogen) atoms. The standard InChI is InChI=1S/C18H26F2N2OS/c1-16(2,3)24(23)22-18(6,11-10-17(4,5)12-21)13-8-7-9-14(19)15(13)20/h7-9,22H,10-11H2,1-6H3/t18-,24-/m1/s1. The van der Waals surface area contributed by atoms with E-state index in [0.29, 0.717) is 12.8 Å². The summed E-state index contributed by atoms with van der Waals surface area (Å²) in [6, 6.07) is 6.18. The van der Waals surface area contributed by atoms with Gasteiger partial charge >= 0.3 is 0 Å². The first-order valence-electron chi connectivity index (χ1n) is 7.88. The van der Waals surface area contributed by atoms with Gasteiger partial charge in [-0.05, 0) is 60.5 Å². The smallest absolute Gasteiger partial charge is 0.163 e. The van der Waals surface area contributed by atoms with E-state index in [4.69, 9.17) is 0 Å². The number of rotatable bonds is 6. The summed E-state index contributed by atoms with van der Waals surface area (Å²) in [6.07, 6.45) is 0.792. The molecule has 0 saturated carbocycles. The van der Waals surface area contributed by atoms with Crippen LogP contribution in [0.5, 0.6) is 0 Å². The van der Waals surface area contributed by atoms with Crippen LogP contribution in [0.1, 0.15) is 59.9 Å². The highest BCUT2D eigenvalue weighted by molar-refractivity contribution is 7.84. The average molecular weight is 356 g/mol. The summed E-state index contributed by atoms with van der Waals surface area (Å²) in [5.74, 6) is -1.89. The van der Waals surface area contributed by atoms with Gasteiger partial charge in [-0.2, -0.15) is 5.26 Å². The molecule has 0 spiro atoms.